The maximum atomic E-state index is 13.8. The number of halogens is 9. The smallest absolute Gasteiger partial charge is 0.282 e. The van der Waals surface area contributed by atoms with Gasteiger partial charge >= 0.3 is 10.1 Å². The van der Waals surface area contributed by atoms with Crippen LogP contribution < -0.4 is 0 Å². The van der Waals surface area contributed by atoms with Gasteiger partial charge in [-0.3, -0.25) is 4.55 Å². The highest BCUT2D eigenvalue weighted by molar-refractivity contribution is 7.85. The summed E-state index contributed by atoms with van der Waals surface area (Å²) in [7, 11) is -5.88. The van der Waals surface area contributed by atoms with Gasteiger partial charge in [-0.05, 0) is 0 Å². The van der Waals surface area contributed by atoms with Crippen molar-refractivity contribution in [3.05, 3.63) is 52.4 Å². The van der Waals surface area contributed by atoms with E-state index >= 15 is 0 Å². The average molecular weight is 426 g/mol. The average Bonchev–Trinajstić information content (AvgIpc) is 2.51. The molecule has 0 heterocycles. The molecule has 2 aromatic rings. The molecule has 2 rings (SSSR count). The van der Waals surface area contributed by atoms with E-state index < -0.39 is 78.5 Å². The lowest BCUT2D eigenvalue weighted by atomic mass is 10.0. The molecule has 0 atom stereocenters. The second kappa shape index (κ2) is 7.11. The Balaban J connectivity index is 0.00000338. The SMILES string of the molecule is O=S(=O)(O)c1c(F)c(F)c(-c2c(F)c(F)c(F)c(F)c2F)c(F)c1F.[AlH3]. The summed E-state index contributed by atoms with van der Waals surface area (Å²) in [5, 5.41) is 0. The minimum absolute atomic E-state index is 0. The van der Waals surface area contributed by atoms with E-state index in [1.54, 1.807) is 0 Å². The maximum Gasteiger partial charge on any atom is 0.300 e. The molecule has 26 heavy (non-hydrogen) atoms. The Morgan fingerprint density at radius 1 is 0.500 bits per heavy atom. The quantitative estimate of drug-likeness (QED) is 0.264. The minimum Gasteiger partial charge on any atom is -0.282 e. The second-order valence-corrected chi connectivity index (χ2v) is 5.74. The van der Waals surface area contributed by atoms with Crippen LogP contribution in [0.25, 0.3) is 11.1 Å². The molecule has 0 fully saturated rings. The Morgan fingerprint density at radius 3 is 1.00 bits per heavy atom. The summed E-state index contributed by atoms with van der Waals surface area (Å²) in [5.41, 5.74) is -4.76. The zero-order valence-electron chi connectivity index (χ0n) is 11.1. The Morgan fingerprint density at radius 2 is 0.731 bits per heavy atom. The van der Waals surface area contributed by atoms with Gasteiger partial charge in [0.1, 0.15) is 0 Å². The topological polar surface area (TPSA) is 54.4 Å². The molecule has 0 saturated carbocycles. The molecule has 0 radical (unpaired) electrons. The van der Waals surface area contributed by atoms with Crippen LogP contribution in [0.4, 0.5) is 39.5 Å². The number of hydrogen-bond acceptors (Lipinski definition) is 2. The van der Waals surface area contributed by atoms with Crippen molar-refractivity contribution in [1.82, 2.24) is 0 Å². The zero-order chi connectivity index (χ0) is 19.4. The molecule has 0 amide bonds. The van der Waals surface area contributed by atoms with E-state index in [1.807, 2.05) is 0 Å². The largest absolute Gasteiger partial charge is 0.300 e. The van der Waals surface area contributed by atoms with Crippen LogP contribution in [-0.2, 0) is 10.1 Å². The molecule has 0 aromatic heterocycles. The third-order valence-corrected chi connectivity index (χ3v) is 3.82. The van der Waals surface area contributed by atoms with Gasteiger partial charge in [-0.15, -0.1) is 0 Å². The highest BCUT2D eigenvalue weighted by Gasteiger charge is 2.37. The summed E-state index contributed by atoms with van der Waals surface area (Å²) in [6, 6.07) is 0. The predicted molar refractivity (Wildman–Crippen MR) is 71.3 cm³/mol. The van der Waals surface area contributed by atoms with Crippen molar-refractivity contribution in [2.45, 2.75) is 4.90 Å². The Bertz CT molecular complexity index is 966. The monoisotopic (exact) mass is 426 g/mol. The van der Waals surface area contributed by atoms with E-state index in [0.717, 1.165) is 0 Å². The first-order chi connectivity index (χ1) is 11.3. The van der Waals surface area contributed by atoms with Gasteiger partial charge < -0.3 is 0 Å². The summed E-state index contributed by atoms with van der Waals surface area (Å²) >= 11 is 0. The highest BCUT2D eigenvalue weighted by Crippen LogP contribution is 2.38. The molecular formula is C12H4AlF9O3S. The van der Waals surface area contributed by atoms with Crippen molar-refractivity contribution in [1.29, 1.82) is 0 Å². The van der Waals surface area contributed by atoms with Gasteiger partial charge in [-0.2, -0.15) is 8.42 Å². The van der Waals surface area contributed by atoms with E-state index in [1.165, 1.54) is 0 Å². The van der Waals surface area contributed by atoms with Gasteiger partial charge in [0.05, 0.1) is 11.1 Å². The van der Waals surface area contributed by atoms with Crippen LogP contribution in [0.5, 0.6) is 0 Å². The first-order valence-electron chi connectivity index (χ1n) is 5.67. The molecule has 0 unspecified atom stereocenters. The number of hydrogen-bond donors (Lipinski definition) is 1. The van der Waals surface area contributed by atoms with Gasteiger partial charge in [-0.1, -0.05) is 0 Å². The van der Waals surface area contributed by atoms with Gasteiger partial charge in [0.25, 0.3) is 0 Å². The standard InChI is InChI=1S/C12HF9O3S.Al.3H/c13-3-1(4(14)8(18)9(19)7(3)17)2-5(15)10(20)12(25(22,23)24)11(21)6(2)16;;;;/h(H,22,23,24);;;;. The first kappa shape index (κ1) is 22.3. The Hall–Kier alpha value is -1.75. The minimum atomic E-state index is -5.88. The van der Waals surface area contributed by atoms with Crippen molar-refractivity contribution in [2.75, 3.05) is 0 Å². The van der Waals surface area contributed by atoms with Crippen LogP contribution in [0.15, 0.2) is 4.90 Å². The zero-order valence-corrected chi connectivity index (χ0v) is 11.9. The van der Waals surface area contributed by atoms with E-state index in [0.29, 0.717) is 0 Å². The van der Waals surface area contributed by atoms with Crippen LogP contribution in [0, 0.1) is 52.4 Å². The van der Waals surface area contributed by atoms with Crippen LogP contribution in [0.1, 0.15) is 0 Å². The highest BCUT2D eigenvalue weighted by atomic mass is 32.2. The van der Waals surface area contributed by atoms with Gasteiger partial charge in [0, 0.05) is 0 Å². The molecule has 0 aliphatic carbocycles. The Kier molecular flexibility index (Phi) is 6.09. The summed E-state index contributed by atoms with van der Waals surface area (Å²) in [5.74, 6) is -25.0. The van der Waals surface area contributed by atoms with Crippen molar-refractivity contribution in [3.63, 3.8) is 0 Å². The lowest BCUT2D eigenvalue weighted by Crippen LogP contribution is -2.13. The van der Waals surface area contributed by atoms with Crippen LogP contribution >= 0.6 is 0 Å². The number of rotatable bonds is 2. The normalized spacial score (nSPS) is 11.5. The van der Waals surface area contributed by atoms with Crippen LogP contribution in [0.2, 0.25) is 0 Å². The van der Waals surface area contributed by atoms with Crippen molar-refractivity contribution >= 4 is 27.5 Å². The van der Waals surface area contributed by atoms with Gasteiger partial charge in [0.2, 0.25) is 5.82 Å². The maximum absolute atomic E-state index is 13.8. The molecule has 0 saturated heterocycles. The third kappa shape index (κ3) is 3.18. The fourth-order valence-corrected chi connectivity index (χ4v) is 2.51. The molecule has 1 N–H and O–H groups in total. The summed E-state index contributed by atoms with van der Waals surface area (Å²) in [6.45, 7) is 0. The molecule has 14 heteroatoms. The molecular weight excluding hydrogens is 422 g/mol. The van der Waals surface area contributed by atoms with Crippen LogP contribution in [0.3, 0.4) is 0 Å². The van der Waals surface area contributed by atoms with E-state index in [-0.39, 0.29) is 17.4 Å². The Labute approximate surface area is 148 Å². The lowest BCUT2D eigenvalue weighted by Gasteiger charge is -2.13. The summed E-state index contributed by atoms with van der Waals surface area (Å²) in [4.78, 5) is -2.55. The molecule has 0 aliphatic heterocycles. The third-order valence-electron chi connectivity index (χ3n) is 2.94. The van der Waals surface area contributed by atoms with Crippen molar-refractivity contribution < 1.29 is 52.5 Å². The van der Waals surface area contributed by atoms with Gasteiger partial charge in [0.15, 0.2) is 68.8 Å². The van der Waals surface area contributed by atoms with Gasteiger partial charge in [-0.25, -0.2) is 39.5 Å². The van der Waals surface area contributed by atoms with Crippen molar-refractivity contribution in [3.8, 4) is 11.1 Å². The molecule has 142 valence electrons. The molecule has 3 nitrogen and oxygen atoms in total. The van der Waals surface area contributed by atoms with E-state index in [4.69, 9.17) is 4.55 Å². The first-order valence-corrected chi connectivity index (χ1v) is 7.11. The fraction of sp³-hybridized carbons (Fsp3) is 0. The molecule has 0 spiro atoms. The second-order valence-electron chi connectivity index (χ2n) is 4.38. The summed E-state index contributed by atoms with van der Waals surface area (Å²) < 4.78 is 151. The van der Waals surface area contributed by atoms with Crippen LogP contribution in [-0.4, -0.2) is 30.3 Å². The summed E-state index contributed by atoms with van der Waals surface area (Å²) in [6.07, 6.45) is 0. The number of benzene rings is 2. The molecule has 2 aromatic carbocycles. The predicted octanol–water partition coefficient (Wildman–Crippen LogP) is 2.67. The fourth-order valence-electron chi connectivity index (χ4n) is 1.88. The van der Waals surface area contributed by atoms with E-state index in [2.05, 4.69) is 0 Å². The van der Waals surface area contributed by atoms with E-state index in [9.17, 15) is 47.9 Å². The van der Waals surface area contributed by atoms with Crippen molar-refractivity contribution in [2.24, 2.45) is 0 Å². The molecule has 0 aliphatic rings. The lowest BCUT2D eigenvalue weighted by molar-refractivity contribution is 0.377. The molecule has 0 bridgehead atoms.